The van der Waals surface area contributed by atoms with Gasteiger partial charge < -0.3 is 10.6 Å². The molecule has 0 radical (unpaired) electrons. The molecule has 0 atom stereocenters. The molecule has 0 aromatic rings. The third-order valence-corrected chi connectivity index (χ3v) is 1.47. The lowest BCUT2D eigenvalue weighted by Crippen LogP contribution is -2.03. The summed E-state index contributed by atoms with van der Waals surface area (Å²) in [7, 11) is 1.88. The summed E-state index contributed by atoms with van der Waals surface area (Å²) in [5.41, 5.74) is 0. The van der Waals surface area contributed by atoms with Crippen molar-refractivity contribution in [1.29, 1.82) is 0 Å². The molecule has 0 unspecified atom stereocenters. The van der Waals surface area contributed by atoms with E-state index in [0.29, 0.717) is 0 Å². The van der Waals surface area contributed by atoms with Gasteiger partial charge in [-0.25, -0.2) is 0 Å². The fraction of sp³-hybridized carbons (Fsp3) is 0.429. The van der Waals surface area contributed by atoms with Gasteiger partial charge in [0, 0.05) is 13.2 Å². The summed E-state index contributed by atoms with van der Waals surface area (Å²) >= 11 is 2.22. The molecule has 0 aliphatic heterocycles. The lowest BCUT2D eigenvalue weighted by Gasteiger charge is -1.96. The average Bonchev–Trinajstić information content (AvgIpc) is 1.89. The summed E-state index contributed by atoms with van der Waals surface area (Å²) in [6, 6.07) is 0. The molecular weight excluding hydrogens is 239 g/mol. The van der Waals surface area contributed by atoms with Gasteiger partial charge in [-0.2, -0.15) is 0 Å². The number of hydrogen-bond acceptors (Lipinski definition) is 2. The highest BCUT2D eigenvalue weighted by Crippen LogP contribution is 1.97. The Morgan fingerprint density at radius 3 is 2.80 bits per heavy atom. The maximum Gasteiger partial charge on any atom is 0.0930 e. The van der Waals surface area contributed by atoms with Crippen LogP contribution in [-0.4, -0.2) is 7.05 Å². The zero-order valence-corrected chi connectivity index (χ0v) is 8.47. The summed E-state index contributed by atoms with van der Waals surface area (Å²) in [4.78, 5) is 0. The van der Waals surface area contributed by atoms with Crippen molar-refractivity contribution in [3.8, 4) is 0 Å². The van der Waals surface area contributed by atoms with Crippen LogP contribution in [0.5, 0.6) is 0 Å². The highest BCUT2D eigenvalue weighted by atomic mass is 127. The lowest BCUT2D eigenvalue weighted by atomic mass is 10.5. The van der Waals surface area contributed by atoms with E-state index in [-0.39, 0.29) is 0 Å². The van der Waals surface area contributed by atoms with Crippen LogP contribution < -0.4 is 10.6 Å². The van der Waals surface area contributed by atoms with Gasteiger partial charge in [0.25, 0.3) is 0 Å². The van der Waals surface area contributed by atoms with Crippen molar-refractivity contribution in [2.75, 3.05) is 7.05 Å². The molecule has 58 valence electrons. The maximum absolute atomic E-state index is 3.09. The molecule has 0 bridgehead atoms. The first-order chi connectivity index (χ1) is 4.81. The van der Waals surface area contributed by atoms with Crippen LogP contribution in [-0.2, 0) is 0 Å². The van der Waals surface area contributed by atoms with E-state index < -0.39 is 0 Å². The third kappa shape index (κ3) is 5.94. The Balaban J connectivity index is 3.48. The number of hydrogen-bond donors (Lipinski definition) is 2. The minimum absolute atomic E-state index is 1.07. The zero-order chi connectivity index (χ0) is 7.82. The van der Waals surface area contributed by atoms with Crippen LogP contribution in [0.4, 0.5) is 0 Å². The molecule has 0 aromatic carbocycles. The SMILES string of the molecule is CC/C=C\N/C(I)=C\NC. The van der Waals surface area contributed by atoms with E-state index in [9.17, 15) is 0 Å². The molecule has 0 saturated heterocycles. The van der Waals surface area contributed by atoms with Gasteiger partial charge in [0.15, 0.2) is 0 Å². The minimum atomic E-state index is 1.07. The van der Waals surface area contributed by atoms with Crippen LogP contribution >= 0.6 is 22.6 Å². The largest absolute Gasteiger partial charge is 0.392 e. The van der Waals surface area contributed by atoms with Crippen molar-refractivity contribution < 1.29 is 0 Å². The van der Waals surface area contributed by atoms with E-state index in [4.69, 9.17) is 0 Å². The van der Waals surface area contributed by atoms with Gasteiger partial charge in [-0.05, 0) is 35.2 Å². The molecule has 0 saturated carbocycles. The number of allylic oxidation sites excluding steroid dienone is 1. The number of nitrogens with one attached hydrogen (secondary N) is 2. The van der Waals surface area contributed by atoms with Gasteiger partial charge >= 0.3 is 0 Å². The van der Waals surface area contributed by atoms with Crippen LogP contribution in [0.1, 0.15) is 13.3 Å². The quantitative estimate of drug-likeness (QED) is 0.590. The smallest absolute Gasteiger partial charge is 0.0930 e. The summed E-state index contributed by atoms with van der Waals surface area (Å²) in [5, 5.41) is 6.02. The fourth-order valence-corrected chi connectivity index (χ4v) is 0.916. The topological polar surface area (TPSA) is 24.1 Å². The molecule has 2 N–H and O–H groups in total. The zero-order valence-electron chi connectivity index (χ0n) is 6.32. The van der Waals surface area contributed by atoms with Gasteiger partial charge in [0.05, 0.1) is 3.70 Å². The van der Waals surface area contributed by atoms with E-state index in [1.165, 1.54) is 0 Å². The molecule has 2 nitrogen and oxygen atoms in total. The Morgan fingerprint density at radius 2 is 2.30 bits per heavy atom. The minimum Gasteiger partial charge on any atom is -0.392 e. The Morgan fingerprint density at radius 1 is 1.60 bits per heavy atom. The molecule has 0 spiro atoms. The van der Waals surface area contributed by atoms with Crippen molar-refractivity contribution in [3.63, 3.8) is 0 Å². The molecule has 0 heterocycles. The van der Waals surface area contributed by atoms with E-state index >= 15 is 0 Å². The van der Waals surface area contributed by atoms with Crippen LogP contribution in [0.25, 0.3) is 0 Å². The van der Waals surface area contributed by atoms with Crippen LogP contribution in [0.15, 0.2) is 22.2 Å². The van der Waals surface area contributed by atoms with E-state index in [1.807, 2.05) is 19.4 Å². The van der Waals surface area contributed by atoms with Crippen molar-refractivity contribution in [2.45, 2.75) is 13.3 Å². The average molecular weight is 252 g/mol. The molecule has 3 heteroatoms. The first-order valence-electron chi connectivity index (χ1n) is 3.25. The molecular formula is C7H13IN2. The predicted octanol–water partition coefficient (Wildman–Crippen LogP) is 1.95. The van der Waals surface area contributed by atoms with Crippen LogP contribution in [0, 0.1) is 0 Å². The molecule has 0 amide bonds. The van der Waals surface area contributed by atoms with Gasteiger partial charge in [0.2, 0.25) is 0 Å². The standard InChI is InChI=1S/C7H13IN2/c1-3-4-5-10-7(8)6-9-2/h4-6,9-10H,3H2,1-2H3/b5-4-,7-6-. The fourth-order valence-electron chi connectivity index (χ4n) is 0.425. The molecule has 0 rings (SSSR count). The molecule has 0 fully saturated rings. The second-order valence-corrected chi connectivity index (χ2v) is 2.90. The van der Waals surface area contributed by atoms with Crippen LogP contribution in [0.2, 0.25) is 0 Å². The second-order valence-electron chi connectivity index (χ2n) is 1.74. The highest BCUT2D eigenvalue weighted by Gasteiger charge is 1.80. The van der Waals surface area contributed by atoms with E-state index in [1.54, 1.807) is 0 Å². The first kappa shape index (κ1) is 9.81. The molecule has 0 aliphatic carbocycles. The van der Waals surface area contributed by atoms with Gasteiger partial charge in [-0.3, -0.25) is 0 Å². The number of halogens is 1. The van der Waals surface area contributed by atoms with Crippen molar-refractivity contribution in [3.05, 3.63) is 22.2 Å². The van der Waals surface area contributed by atoms with Gasteiger partial charge in [-0.1, -0.05) is 13.0 Å². The number of rotatable bonds is 4. The molecule has 0 aromatic heterocycles. The summed E-state index contributed by atoms with van der Waals surface area (Å²) in [6.07, 6.45) is 6.98. The molecule has 0 aliphatic rings. The van der Waals surface area contributed by atoms with Crippen molar-refractivity contribution >= 4 is 22.6 Å². The Kier molecular flexibility index (Phi) is 6.79. The first-order valence-corrected chi connectivity index (χ1v) is 4.33. The summed E-state index contributed by atoms with van der Waals surface area (Å²) in [5.74, 6) is 0. The third-order valence-electron chi connectivity index (χ3n) is 0.846. The van der Waals surface area contributed by atoms with Gasteiger partial charge in [-0.15, -0.1) is 0 Å². The van der Waals surface area contributed by atoms with Gasteiger partial charge in [0.1, 0.15) is 0 Å². The monoisotopic (exact) mass is 252 g/mol. The Hall–Kier alpha value is -0.190. The van der Waals surface area contributed by atoms with Crippen molar-refractivity contribution in [2.24, 2.45) is 0 Å². The Labute approximate surface area is 75.9 Å². The Bertz CT molecular complexity index is 130. The lowest BCUT2D eigenvalue weighted by molar-refractivity contribution is 1.05. The predicted molar refractivity (Wildman–Crippen MR) is 53.7 cm³/mol. The molecule has 10 heavy (non-hydrogen) atoms. The summed E-state index contributed by atoms with van der Waals surface area (Å²) < 4.78 is 1.09. The second kappa shape index (κ2) is 6.92. The van der Waals surface area contributed by atoms with Crippen molar-refractivity contribution in [1.82, 2.24) is 10.6 Å². The van der Waals surface area contributed by atoms with E-state index in [2.05, 4.69) is 46.2 Å². The summed E-state index contributed by atoms with van der Waals surface area (Å²) in [6.45, 7) is 2.10. The normalized spacial score (nSPS) is 12.1. The van der Waals surface area contributed by atoms with E-state index in [0.717, 1.165) is 10.1 Å². The highest BCUT2D eigenvalue weighted by molar-refractivity contribution is 14.1. The van der Waals surface area contributed by atoms with Crippen LogP contribution in [0.3, 0.4) is 0 Å². The maximum atomic E-state index is 3.09.